The molecular weight excluding hydrogens is 194 g/mol. The van der Waals surface area contributed by atoms with Gasteiger partial charge in [-0.1, -0.05) is 33.6 Å². The predicted octanol–water partition coefficient (Wildman–Crippen LogP) is 3.73. The zero-order valence-electron chi connectivity index (χ0n) is 11.2. The molecule has 3 rings (SSSR count). The van der Waals surface area contributed by atoms with Crippen molar-refractivity contribution in [3.05, 3.63) is 0 Å². The van der Waals surface area contributed by atoms with Gasteiger partial charge in [-0.15, -0.1) is 0 Å². The largest absolute Gasteiger partial charge is 0.310 e. The maximum Gasteiger partial charge on any atom is 0.0177 e. The summed E-state index contributed by atoms with van der Waals surface area (Å²) in [5, 5.41) is 4.04. The van der Waals surface area contributed by atoms with Gasteiger partial charge in [-0.2, -0.15) is 0 Å². The number of hydrogen-bond acceptors (Lipinski definition) is 1. The number of hydrogen-bond donors (Lipinski definition) is 1. The van der Waals surface area contributed by atoms with Crippen LogP contribution in [0.25, 0.3) is 0 Å². The van der Waals surface area contributed by atoms with E-state index in [1.807, 2.05) is 0 Å². The van der Waals surface area contributed by atoms with Crippen molar-refractivity contribution in [1.29, 1.82) is 0 Å². The SMILES string of the molecule is CC12CCC(C1)C(C)(C)C2NC1CCCC1. The third-order valence-electron chi connectivity index (χ3n) is 6.03. The summed E-state index contributed by atoms with van der Waals surface area (Å²) < 4.78 is 0. The van der Waals surface area contributed by atoms with Crippen molar-refractivity contribution in [2.75, 3.05) is 0 Å². The standard InChI is InChI=1S/C15H27N/c1-14(2)11-8-9-15(3,10-11)13(14)16-12-6-4-5-7-12/h11-13,16H,4-10H2,1-3H3. The van der Waals surface area contributed by atoms with E-state index >= 15 is 0 Å². The molecule has 1 N–H and O–H groups in total. The van der Waals surface area contributed by atoms with Crippen LogP contribution in [0.5, 0.6) is 0 Å². The number of fused-ring (bicyclic) bond motifs is 2. The first-order valence-electron chi connectivity index (χ1n) is 7.28. The number of nitrogens with one attached hydrogen (secondary N) is 1. The molecule has 0 aliphatic heterocycles. The van der Waals surface area contributed by atoms with Gasteiger partial charge in [-0.3, -0.25) is 0 Å². The van der Waals surface area contributed by atoms with E-state index in [0.29, 0.717) is 10.8 Å². The fourth-order valence-corrected chi connectivity index (χ4v) is 5.05. The molecule has 3 atom stereocenters. The van der Waals surface area contributed by atoms with Gasteiger partial charge < -0.3 is 5.32 Å². The molecule has 3 aliphatic carbocycles. The lowest BCUT2D eigenvalue weighted by Gasteiger charge is -2.44. The van der Waals surface area contributed by atoms with Crippen molar-refractivity contribution in [3.8, 4) is 0 Å². The molecule has 3 fully saturated rings. The summed E-state index contributed by atoms with van der Waals surface area (Å²) >= 11 is 0. The van der Waals surface area contributed by atoms with E-state index in [9.17, 15) is 0 Å². The molecule has 1 nitrogen and oxygen atoms in total. The first-order valence-corrected chi connectivity index (χ1v) is 7.28. The Kier molecular flexibility index (Phi) is 2.41. The van der Waals surface area contributed by atoms with Crippen LogP contribution in [0.15, 0.2) is 0 Å². The number of rotatable bonds is 2. The van der Waals surface area contributed by atoms with Gasteiger partial charge in [-0.25, -0.2) is 0 Å². The van der Waals surface area contributed by atoms with Gasteiger partial charge in [-0.05, 0) is 48.9 Å². The second-order valence-electron chi connectivity index (χ2n) is 7.50. The lowest BCUT2D eigenvalue weighted by molar-refractivity contribution is 0.0989. The van der Waals surface area contributed by atoms with E-state index in [0.717, 1.165) is 18.0 Å². The van der Waals surface area contributed by atoms with Crippen LogP contribution in [-0.2, 0) is 0 Å². The normalized spacial score (nSPS) is 46.7. The molecule has 0 aromatic rings. The Morgan fingerprint density at radius 3 is 2.25 bits per heavy atom. The molecule has 0 aromatic carbocycles. The second-order valence-corrected chi connectivity index (χ2v) is 7.50. The van der Waals surface area contributed by atoms with Gasteiger partial charge in [0, 0.05) is 12.1 Å². The minimum absolute atomic E-state index is 0.537. The molecule has 0 saturated heterocycles. The molecule has 3 unspecified atom stereocenters. The summed E-state index contributed by atoms with van der Waals surface area (Å²) in [7, 11) is 0. The first kappa shape index (κ1) is 11.1. The highest BCUT2D eigenvalue weighted by atomic mass is 15.0. The minimum Gasteiger partial charge on any atom is -0.310 e. The van der Waals surface area contributed by atoms with E-state index in [-0.39, 0.29) is 0 Å². The molecule has 16 heavy (non-hydrogen) atoms. The van der Waals surface area contributed by atoms with Gasteiger partial charge in [0.2, 0.25) is 0 Å². The quantitative estimate of drug-likeness (QED) is 0.749. The summed E-state index contributed by atoms with van der Waals surface area (Å²) in [4.78, 5) is 0. The second kappa shape index (κ2) is 3.48. The van der Waals surface area contributed by atoms with Gasteiger partial charge in [0.25, 0.3) is 0 Å². The van der Waals surface area contributed by atoms with Crippen LogP contribution in [0.1, 0.15) is 65.7 Å². The fraction of sp³-hybridized carbons (Fsp3) is 1.00. The van der Waals surface area contributed by atoms with Crippen LogP contribution in [-0.4, -0.2) is 12.1 Å². The first-order chi connectivity index (χ1) is 7.52. The maximum atomic E-state index is 4.04. The predicted molar refractivity (Wildman–Crippen MR) is 68.4 cm³/mol. The van der Waals surface area contributed by atoms with Crippen LogP contribution in [0, 0.1) is 16.7 Å². The molecule has 1 heteroatoms. The highest BCUT2D eigenvalue weighted by Crippen LogP contribution is 2.62. The van der Waals surface area contributed by atoms with E-state index in [1.54, 1.807) is 0 Å². The van der Waals surface area contributed by atoms with Crippen molar-refractivity contribution in [1.82, 2.24) is 5.32 Å². The molecule has 3 saturated carbocycles. The Morgan fingerprint density at radius 2 is 1.69 bits per heavy atom. The average Bonchev–Trinajstić information content (AvgIpc) is 2.85. The Hall–Kier alpha value is -0.0400. The lowest BCUT2D eigenvalue weighted by atomic mass is 9.68. The Morgan fingerprint density at radius 1 is 1.00 bits per heavy atom. The van der Waals surface area contributed by atoms with Gasteiger partial charge in [0.05, 0.1) is 0 Å². The summed E-state index contributed by atoms with van der Waals surface area (Å²) in [5.74, 6) is 0.983. The molecule has 0 amide bonds. The Balaban J connectivity index is 1.77. The molecular formula is C15H27N. The van der Waals surface area contributed by atoms with Crippen molar-refractivity contribution < 1.29 is 0 Å². The molecule has 0 aromatic heterocycles. The van der Waals surface area contributed by atoms with Crippen molar-refractivity contribution in [2.45, 2.75) is 77.8 Å². The molecule has 0 radical (unpaired) electrons. The van der Waals surface area contributed by atoms with Crippen LogP contribution >= 0.6 is 0 Å². The van der Waals surface area contributed by atoms with Crippen molar-refractivity contribution >= 4 is 0 Å². The summed E-state index contributed by atoms with van der Waals surface area (Å²) in [6.45, 7) is 7.55. The molecule has 0 heterocycles. The summed E-state index contributed by atoms with van der Waals surface area (Å²) in [6.07, 6.45) is 10.2. The topological polar surface area (TPSA) is 12.0 Å². The molecule has 92 valence electrons. The molecule has 0 spiro atoms. The summed E-state index contributed by atoms with van der Waals surface area (Å²) in [5.41, 5.74) is 1.15. The van der Waals surface area contributed by atoms with E-state index in [2.05, 4.69) is 26.1 Å². The third-order valence-corrected chi connectivity index (χ3v) is 6.03. The smallest absolute Gasteiger partial charge is 0.0177 e. The van der Waals surface area contributed by atoms with Gasteiger partial charge in [0.15, 0.2) is 0 Å². The molecule has 3 aliphatic rings. The highest BCUT2D eigenvalue weighted by Gasteiger charge is 2.59. The Labute approximate surface area is 100 Å². The zero-order valence-corrected chi connectivity index (χ0v) is 11.2. The highest BCUT2D eigenvalue weighted by molar-refractivity contribution is 5.12. The third kappa shape index (κ3) is 1.47. The summed E-state index contributed by atoms with van der Waals surface area (Å²) in [6, 6.07) is 1.61. The van der Waals surface area contributed by atoms with Crippen LogP contribution in [0.3, 0.4) is 0 Å². The van der Waals surface area contributed by atoms with Crippen LogP contribution < -0.4 is 5.32 Å². The van der Waals surface area contributed by atoms with Crippen LogP contribution in [0.4, 0.5) is 0 Å². The average molecular weight is 221 g/mol. The Bertz CT molecular complexity index is 272. The van der Waals surface area contributed by atoms with Crippen molar-refractivity contribution in [2.24, 2.45) is 16.7 Å². The van der Waals surface area contributed by atoms with Gasteiger partial charge in [0.1, 0.15) is 0 Å². The zero-order chi connectivity index (χ0) is 11.4. The lowest BCUT2D eigenvalue weighted by Crippen LogP contribution is -2.53. The fourth-order valence-electron chi connectivity index (χ4n) is 5.05. The molecule has 2 bridgehead atoms. The van der Waals surface area contributed by atoms with E-state index < -0.39 is 0 Å². The maximum absolute atomic E-state index is 4.04. The van der Waals surface area contributed by atoms with Gasteiger partial charge >= 0.3 is 0 Å². The minimum atomic E-state index is 0.537. The van der Waals surface area contributed by atoms with Crippen LogP contribution in [0.2, 0.25) is 0 Å². The van der Waals surface area contributed by atoms with E-state index in [4.69, 9.17) is 0 Å². The van der Waals surface area contributed by atoms with E-state index in [1.165, 1.54) is 44.9 Å². The van der Waals surface area contributed by atoms with Crippen molar-refractivity contribution in [3.63, 3.8) is 0 Å². The monoisotopic (exact) mass is 221 g/mol.